The van der Waals surface area contributed by atoms with Crippen LogP contribution in [0, 0.1) is 11.8 Å². The van der Waals surface area contributed by atoms with Gasteiger partial charge >= 0.3 is 5.97 Å². The Balaban J connectivity index is 1.59. The van der Waals surface area contributed by atoms with Crippen molar-refractivity contribution in [3.63, 3.8) is 0 Å². The normalized spacial score (nSPS) is 34.0. The molecule has 2 fully saturated rings. The third-order valence-electron chi connectivity index (χ3n) is 9.72. The maximum absolute atomic E-state index is 14.4. The molecule has 10 nitrogen and oxygen atoms in total. The van der Waals surface area contributed by atoms with Crippen molar-refractivity contribution in [2.75, 3.05) is 26.7 Å². The average Bonchev–Trinajstić information content (AvgIpc) is 3.43. The molecule has 4 aliphatic heterocycles. The molecule has 238 valence electrons. The molecule has 1 aromatic carbocycles. The number of nitrogens with zero attached hydrogens (tertiary/aromatic N) is 3. The van der Waals surface area contributed by atoms with Crippen LogP contribution >= 0.6 is 0 Å². The summed E-state index contributed by atoms with van der Waals surface area (Å²) in [6.07, 6.45) is 9.04. The standard InChI is InChI=1S/C34H45N3O7/c1-5-6-12-19-36-20-13-18-34-28(31(40)37(22(2)21-38)30(34)32(36)41)27-25(44-34)16-10-11-17-26(39)35(4)23(3)29(43-33(27)42)24-14-8-7-9-15-24/h7-10,13-16,18,22-23,25,27-30,38H,5-6,11-12,17,19-21H2,1-4H3/b16-10-/t22-,23+,25+,27-,28-,29-,30+,34-/m1/s1. The summed E-state index contributed by atoms with van der Waals surface area (Å²) in [5.41, 5.74) is -0.694. The lowest BCUT2D eigenvalue weighted by Crippen LogP contribution is -2.57. The van der Waals surface area contributed by atoms with Crippen molar-refractivity contribution >= 4 is 23.7 Å². The quantitative estimate of drug-likeness (QED) is 0.288. The number of cyclic esters (lactones) is 1. The first-order chi connectivity index (χ1) is 21.2. The molecular weight excluding hydrogens is 562 g/mol. The molecule has 5 rings (SSSR count). The van der Waals surface area contributed by atoms with Crippen molar-refractivity contribution in [1.82, 2.24) is 14.7 Å². The summed E-state index contributed by atoms with van der Waals surface area (Å²) < 4.78 is 13.0. The fourth-order valence-corrected chi connectivity index (χ4v) is 7.19. The fraction of sp³-hybridized carbons (Fsp3) is 0.588. The zero-order valence-corrected chi connectivity index (χ0v) is 26.1. The minimum atomic E-state index is -1.42. The summed E-state index contributed by atoms with van der Waals surface area (Å²) >= 11 is 0. The van der Waals surface area contributed by atoms with Gasteiger partial charge in [-0.05, 0) is 32.3 Å². The number of aliphatic hydroxyl groups excluding tert-OH is 1. The molecule has 3 amide bonds. The van der Waals surface area contributed by atoms with Gasteiger partial charge in [-0.2, -0.15) is 0 Å². The number of benzene rings is 1. The first-order valence-corrected chi connectivity index (χ1v) is 15.9. The zero-order valence-electron chi connectivity index (χ0n) is 26.1. The van der Waals surface area contributed by atoms with Crippen LogP contribution in [-0.4, -0.2) is 100 Å². The highest BCUT2D eigenvalue weighted by atomic mass is 16.6. The van der Waals surface area contributed by atoms with Gasteiger partial charge in [-0.25, -0.2) is 0 Å². The van der Waals surface area contributed by atoms with Crippen molar-refractivity contribution < 1.29 is 33.8 Å². The van der Waals surface area contributed by atoms with E-state index in [1.807, 2.05) is 49.4 Å². The van der Waals surface area contributed by atoms with E-state index in [0.717, 1.165) is 24.8 Å². The lowest BCUT2D eigenvalue weighted by Gasteiger charge is -2.37. The monoisotopic (exact) mass is 607 g/mol. The molecule has 0 bridgehead atoms. The predicted molar refractivity (Wildman–Crippen MR) is 163 cm³/mol. The summed E-state index contributed by atoms with van der Waals surface area (Å²) in [6.45, 7) is 6.20. The van der Waals surface area contributed by atoms with Crippen LogP contribution in [0.4, 0.5) is 0 Å². The van der Waals surface area contributed by atoms with E-state index in [1.54, 1.807) is 35.9 Å². The molecule has 1 aromatic rings. The van der Waals surface area contributed by atoms with Crippen molar-refractivity contribution in [1.29, 1.82) is 0 Å². The van der Waals surface area contributed by atoms with Gasteiger partial charge < -0.3 is 29.3 Å². The molecule has 1 N–H and O–H groups in total. The Morgan fingerprint density at radius 3 is 2.52 bits per heavy atom. The van der Waals surface area contributed by atoms with Crippen LogP contribution < -0.4 is 0 Å². The number of esters is 1. The van der Waals surface area contributed by atoms with E-state index < -0.39 is 59.6 Å². The summed E-state index contributed by atoms with van der Waals surface area (Å²) in [5, 5.41) is 10.2. The Bertz CT molecular complexity index is 1300. The van der Waals surface area contributed by atoms with E-state index in [0.29, 0.717) is 19.5 Å². The van der Waals surface area contributed by atoms with Crippen molar-refractivity contribution in [3.8, 4) is 0 Å². The minimum absolute atomic E-state index is 0.0802. The van der Waals surface area contributed by atoms with Gasteiger partial charge in [-0.1, -0.05) is 74.4 Å². The number of rotatable bonds is 7. The molecule has 0 unspecified atom stereocenters. The first-order valence-electron chi connectivity index (χ1n) is 15.9. The van der Waals surface area contributed by atoms with Gasteiger partial charge in [0.1, 0.15) is 23.7 Å². The Kier molecular flexibility index (Phi) is 9.60. The van der Waals surface area contributed by atoms with Crippen LogP contribution in [0.25, 0.3) is 0 Å². The first kappa shape index (κ1) is 31.9. The number of ether oxygens (including phenoxy) is 2. The predicted octanol–water partition coefficient (Wildman–Crippen LogP) is 3.02. The number of carbonyl (C=O) groups excluding carboxylic acids is 4. The van der Waals surface area contributed by atoms with E-state index in [9.17, 15) is 24.3 Å². The average molecular weight is 608 g/mol. The molecule has 8 atom stereocenters. The smallest absolute Gasteiger partial charge is 0.313 e. The highest BCUT2D eigenvalue weighted by molar-refractivity contribution is 5.99. The molecule has 1 spiro atoms. The Morgan fingerprint density at radius 2 is 1.82 bits per heavy atom. The van der Waals surface area contributed by atoms with Gasteiger partial charge in [0, 0.05) is 26.6 Å². The molecule has 44 heavy (non-hydrogen) atoms. The number of amides is 3. The maximum Gasteiger partial charge on any atom is 0.313 e. The fourth-order valence-electron chi connectivity index (χ4n) is 7.19. The van der Waals surface area contributed by atoms with Crippen molar-refractivity contribution in [2.24, 2.45) is 11.8 Å². The number of unbranched alkanes of at least 4 members (excludes halogenated alkanes) is 2. The number of allylic oxidation sites excluding steroid dienone is 1. The number of likely N-dealkylation sites (N-methyl/N-ethyl adjacent to an activating group) is 1. The largest absolute Gasteiger partial charge is 0.455 e. The molecule has 0 radical (unpaired) electrons. The van der Waals surface area contributed by atoms with Gasteiger partial charge in [-0.3, -0.25) is 19.2 Å². The Hall–Kier alpha value is -3.50. The topological polar surface area (TPSA) is 117 Å². The van der Waals surface area contributed by atoms with Crippen molar-refractivity contribution in [2.45, 2.75) is 88.8 Å². The van der Waals surface area contributed by atoms with Crippen molar-refractivity contribution in [3.05, 3.63) is 60.2 Å². The number of likely N-dealkylation sites (tertiary alicyclic amines) is 1. The van der Waals surface area contributed by atoms with Gasteiger partial charge in [-0.15, -0.1) is 0 Å². The molecule has 0 aliphatic carbocycles. The van der Waals surface area contributed by atoms with Gasteiger partial charge in [0.25, 0.3) is 0 Å². The summed E-state index contributed by atoms with van der Waals surface area (Å²) in [6, 6.07) is 7.07. The van der Waals surface area contributed by atoms with E-state index in [4.69, 9.17) is 9.47 Å². The lowest BCUT2D eigenvalue weighted by molar-refractivity contribution is -0.164. The Labute approximate surface area is 259 Å². The van der Waals surface area contributed by atoms with Crippen LogP contribution in [0.3, 0.4) is 0 Å². The summed E-state index contributed by atoms with van der Waals surface area (Å²) in [4.78, 5) is 60.9. The van der Waals surface area contributed by atoms with E-state index in [-0.39, 0.29) is 24.8 Å². The highest BCUT2D eigenvalue weighted by Crippen LogP contribution is 2.54. The van der Waals surface area contributed by atoms with Crippen LogP contribution in [0.15, 0.2) is 54.6 Å². The molecule has 0 aromatic heterocycles. The zero-order chi connectivity index (χ0) is 31.6. The summed E-state index contributed by atoms with van der Waals surface area (Å²) in [5.74, 6) is -3.44. The lowest BCUT2D eigenvalue weighted by atomic mass is 9.77. The number of hydrogen-bond acceptors (Lipinski definition) is 7. The van der Waals surface area contributed by atoms with E-state index in [2.05, 4.69) is 6.92 Å². The van der Waals surface area contributed by atoms with Crippen LogP contribution in [0.5, 0.6) is 0 Å². The number of aliphatic hydroxyl groups is 1. The second-order valence-electron chi connectivity index (χ2n) is 12.5. The molecule has 2 saturated heterocycles. The molecule has 10 heteroatoms. The molecular formula is C34H45N3O7. The van der Waals surface area contributed by atoms with E-state index in [1.165, 1.54) is 4.90 Å². The van der Waals surface area contributed by atoms with Gasteiger partial charge in [0.2, 0.25) is 17.7 Å². The highest BCUT2D eigenvalue weighted by Gasteiger charge is 2.72. The van der Waals surface area contributed by atoms with E-state index >= 15 is 0 Å². The summed E-state index contributed by atoms with van der Waals surface area (Å²) in [7, 11) is 1.70. The third-order valence-corrected chi connectivity index (χ3v) is 9.72. The number of hydrogen-bond donors (Lipinski definition) is 1. The molecule has 4 aliphatic rings. The maximum atomic E-state index is 14.4. The Morgan fingerprint density at radius 1 is 1.07 bits per heavy atom. The molecule has 0 saturated carbocycles. The van der Waals surface area contributed by atoms with Crippen LogP contribution in [0.1, 0.15) is 64.5 Å². The van der Waals surface area contributed by atoms with Crippen LogP contribution in [-0.2, 0) is 28.7 Å². The van der Waals surface area contributed by atoms with Gasteiger partial charge in [0.15, 0.2) is 0 Å². The number of carbonyl (C=O) groups is 4. The minimum Gasteiger partial charge on any atom is -0.455 e. The third kappa shape index (κ3) is 5.58. The number of fused-ring (bicyclic) bond motifs is 2. The van der Waals surface area contributed by atoms with Crippen LogP contribution in [0.2, 0.25) is 0 Å². The second-order valence-corrected chi connectivity index (χ2v) is 12.5. The second kappa shape index (κ2) is 13.2. The SMILES string of the molecule is CCCCCN1CC=C[C@@]23O[C@H]4/C=C\CCC(=O)N(C)[C@@H](C)[C@H](c5ccccc5)OC(=O)[C@H]4[C@@H]2C(=O)N([C@H](C)CO)[C@H]3C1=O. The molecule has 4 heterocycles. The van der Waals surface area contributed by atoms with Gasteiger partial charge in [0.05, 0.1) is 30.7 Å².